The fourth-order valence-electron chi connectivity index (χ4n) is 4.89. The first-order chi connectivity index (χ1) is 21.8. The van der Waals surface area contributed by atoms with Crippen LogP contribution in [0.1, 0.15) is 78.6 Å². The number of anilines is 1. The van der Waals surface area contributed by atoms with Gasteiger partial charge < -0.3 is 29.5 Å². The van der Waals surface area contributed by atoms with E-state index < -0.39 is 17.0 Å². The van der Waals surface area contributed by atoms with Gasteiger partial charge in [-0.2, -0.15) is 0 Å². The van der Waals surface area contributed by atoms with E-state index in [4.69, 9.17) is 21.1 Å². The smallest absolute Gasteiger partial charge is 0.410 e. The third-order valence-electron chi connectivity index (χ3n) is 7.46. The lowest BCUT2D eigenvalue weighted by Crippen LogP contribution is -2.47. The molecule has 0 unspecified atom stereocenters. The average Bonchev–Trinajstić information content (AvgIpc) is 2.99. The van der Waals surface area contributed by atoms with Crippen molar-refractivity contribution in [2.45, 2.75) is 104 Å². The fourth-order valence-corrected chi connectivity index (χ4v) is 5.09. The number of rotatable bonds is 3. The Bertz CT molecular complexity index is 1300. The molecule has 0 spiro atoms. The molecule has 2 aliphatic heterocycles. The van der Waals surface area contributed by atoms with Crippen LogP contribution in [0.4, 0.5) is 24.2 Å². The maximum atomic E-state index is 14.0. The minimum atomic E-state index is -0.487. The summed E-state index contributed by atoms with van der Waals surface area (Å²) in [4.78, 5) is 37.1. The van der Waals surface area contributed by atoms with Gasteiger partial charge in [0.15, 0.2) is 22.6 Å². The molecule has 0 atom stereocenters. The Morgan fingerprint density at radius 2 is 1.23 bits per heavy atom. The highest BCUT2D eigenvalue weighted by Gasteiger charge is 2.30. The number of ether oxygens (including phenoxy) is 2. The van der Waals surface area contributed by atoms with Gasteiger partial charge in [-0.3, -0.25) is 0 Å². The summed E-state index contributed by atoms with van der Waals surface area (Å²) in [5.74, 6) is -0.407. The normalized spacial score (nSPS) is 15.9. The van der Waals surface area contributed by atoms with E-state index in [1.807, 2.05) is 67.5 Å². The lowest BCUT2D eigenvalue weighted by molar-refractivity contribution is 0.0192. The van der Waals surface area contributed by atoms with Gasteiger partial charge in [0.2, 0.25) is 0 Å². The molecule has 0 aliphatic carbocycles. The SMILES string of the molecule is CNC1CCN(C(=O)OC(C)(C)C)CC1.Cc1ccc(F)c(Cl)n1.Cc1ccc(F)c(N(C)C2CCN(C(=O)OC(C)(C)C)CC2)n1. The molecule has 2 amide bonds. The number of carbonyl (C=O) groups excluding carboxylic acids is 2. The number of carbonyl (C=O) groups is 2. The summed E-state index contributed by atoms with van der Waals surface area (Å²) in [7, 11) is 3.83. The largest absolute Gasteiger partial charge is 0.444 e. The van der Waals surface area contributed by atoms with E-state index in [0.29, 0.717) is 24.9 Å². The van der Waals surface area contributed by atoms with Crippen molar-refractivity contribution in [2.24, 2.45) is 0 Å². The summed E-state index contributed by atoms with van der Waals surface area (Å²) in [5, 5.41) is 3.17. The molecule has 2 aromatic heterocycles. The Hall–Kier alpha value is -3.25. The Labute approximate surface area is 284 Å². The first kappa shape index (κ1) is 39.9. The van der Waals surface area contributed by atoms with Crippen LogP contribution in [0, 0.1) is 25.5 Å². The molecule has 47 heavy (non-hydrogen) atoms. The molecule has 264 valence electrons. The molecule has 2 fully saturated rings. The molecule has 0 bridgehead atoms. The Balaban J connectivity index is 0.000000273. The van der Waals surface area contributed by atoms with Crippen LogP contribution in [0.15, 0.2) is 24.3 Å². The first-order valence-electron chi connectivity index (χ1n) is 16.1. The number of likely N-dealkylation sites (tertiary alicyclic amines) is 2. The maximum Gasteiger partial charge on any atom is 0.410 e. The molecule has 0 saturated carbocycles. The zero-order chi connectivity index (χ0) is 35.5. The summed E-state index contributed by atoms with van der Waals surface area (Å²) in [6, 6.07) is 6.69. The maximum absolute atomic E-state index is 14.0. The van der Waals surface area contributed by atoms with E-state index in [2.05, 4.69) is 15.3 Å². The molecule has 13 heteroatoms. The van der Waals surface area contributed by atoms with Crippen molar-refractivity contribution < 1.29 is 27.8 Å². The van der Waals surface area contributed by atoms with Crippen LogP contribution in [0.2, 0.25) is 5.15 Å². The number of piperidine rings is 2. The van der Waals surface area contributed by atoms with Crippen LogP contribution in [0.25, 0.3) is 0 Å². The van der Waals surface area contributed by atoms with Gasteiger partial charge in [0.05, 0.1) is 0 Å². The van der Waals surface area contributed by atoms with Crippen molar-refractivity contribution in [1.29, 1.82) is 0 Å². The summed E-state index contributed by atoms with van der Waals surface area (Å²) in [6.45, 7) is 17.7. The van der Waals surface area contributed by atoms with Crippen LogP contribution in [0.3, 0.4) is 0 Å². The quantitative estimate of drug-likeness (QED) is 0.341. The Morgan fingerprint density at radius 3 is 1.64 bits per heavy atom. The standard InChI is InChI=1S/C17H26FN3O2.C11H22N2O2.C6H5ClFN/c1-12-6-7-14(18)15(19-12)20(5)13-8-10-21(11-9-13)16(22)23-17(2,3)4;1-11(2,3)15-10(14)13-7-5-9(12-4)6-8-13;1-4-2-3-5(8)6(7)9-4/h6-7,13H,8-11H2,1-5H3;9,12H,5-8H2,1-4H3;2-3H,1H3. The molecule has 2 saturated heterocycles. The zero-order valence-corrected chi connectivity index (χ0v) is 30.4. The number of nitrogens with one attached hydrogen (secondary N) is 1. The van der Waals surface area contributed by atoms with Gasteiger partial charge in [0.25, 0.3) is 0 Å². The van der Waals surface area contributed by atoms with E-state index in [-0.39, 0.29) is 29.2 Å². The second-order valence-electron chi connectivity index (χ2n) is 13.8. The van der Waals surface area contributed by atoms with Gasteiger partial charge in [0.1, 0.15) is 11.2 Å². The molecular weight excluding hydrogens is 630 g/mol. The highest BCUT2D eigenvalue weighted by Crippen LogP contribution is 2.24. The second kappa shape index (κ2) is 17.8. The highest BCUT2D eigenvalue weighted by molar-refractivity contribution is 6.29. The Kier molecular flexibility index (Phi) is 15.1. The van der Waals surface area contributed by atoms with Gasteiger partial charge >= 0.3 is 12.2 Å². The minimum absolute atomic E-state index is 0.0602. The van der Waals surface area contributed by atoms with Gasteiger partial charge in [-0.05, 0) is 112 Å². The van der Waals surface area contributed by atoms with Crippen molar-refractivity contribution in [3.63, 3.8) is 0 Å². The third kappa shape index (κ3) is 14.2. The van der Waals surface area contributed by atoms with Crippen molar-refractivity contribution in [3.8, 4) is 0 Å². The van der Waals surface area contributed by atoms with Crippen LogP contribution >= 0.6 is 11.6 Å². The lowest BCUT2D eigenvalue weighted by Gasteiger charge is -2.37. The molecule has 2 aromatic rings. The number of aromatic nitrogens is 2. The van der Waals surface area contributed by atoms with E-state index in [1.54, 1.807) is 28.9 Å². The van der Waals surface area contributed by atoms with Crippen LogP contribution in [-0.2, 0) is 9.47 Å². The van der Waals surface area contributed by atoms with Crippen LogP contribution in [-0.4, -0.2) is 95.5 Å². The number of hydrogen-bond donors (Lipinski definition) is 1. The van der Waals surface area contributed by atoms with E-state index >= 15 is 0 Å². The first-order valence-corrected chi connectivity index (χ1v) is 16.4. The lowest BCUT2D eigenvalue weighted by atomic mass is 10.0. The molecule has 4 heterocycles. The van der Waals surface area contributed by atoms with Gasteiger partial charge in [-0.1, -0.05) is 11.6 Å². The third-order valence-corrected chi connectivity index (χ3v) is 7.73. The summed E-state index contributed by atoms with van der Waals surface area (Å²) in [5.41, 5.74) is 0.636. The van der Waals surface area contributed by atoms with Crippen molar-refractivity contribution in [3.05, 3.63) is 52.4 Å². The predicted octanol–water partition coefficient (Wildman–Crippen LogP) is 7.15. The van der Waals surface area contributed by atoms with Crippen molar-refractivity contribution in [1.82, 2.24) is 25.1 Å². The van der Waals surface area contributed by atoms with Crippen LogP contribution < -0.4 is 10.2 Å². The van der Waals surface area contributed by atoms with Crippen molar-refractivity contribution in [2.75, 3.05) is 45.2 Å². The van der Waals surface area contributed by atoms with Gasteiger partial charge in [-0.25, -0.2) is 28.3 Å². The van der Waals surface area contributed by atoms with E-state index in [1.165, 1.54) is 12.1 Å². The molecule has 10 nitrogen and oxygen atoms in total. The molecule has 4 rings (SSSR count). The highest BCUT2D eigenvalue weighted by atomic mass is 35.5. The number of aryl methyl sites for hydroxylation is 2. The van der Waals surface area contributed by atoms with E-state index in [0.717, 1.165) is 50.2 Å². The predicted molar refractivity (Wildman–Crippen MR) is 182 cm³/mol. The summed E-state index contributed by atoms with van der Waals surface area (Å²) in [6.07, 6.45) is 3.09. The molecule has 1 N–H and O–H groups in total. The summed E-state index contributed by atoms with van der Waals surface area (Å²) < 4.78 is 37.0. The summed E-state index contributed by atoms with van der Waals surface area (Å²) >= 11 is 5.33. The van der Waals surface area contributed by atoms with Crippen molar-refractivity contribution >= 4 is 29.6 Å². The number of halogens is 3. The van der Waals surface area contributed by atoms with Gasteiger partial charge in [0, 0.05) is 56.7 Å². The molecule has 2 aliphatic rings. The monoisotopic (exact) mass is 682 g/mol. The molecular formula is C34H53ClF2N6O4. The number of pyridine rings is 2. The average molecular weight is 683 g/mol. The molecule has 0 radical (unpaired) electrons. The topological polar surface area (TPSA) is 100 Å². The van der Waals surface area contributed by atoms with E-state index in [9.17, 15) is 18.4 Å². The Morgan fingerprint density at radius 1 is 0.809 bits per heavy atom. The number of hydrogen-bond acceptors (Lipinski definition) is 8. The number of amides is 2. The minimum Gasteiger partial charge on any atom is -0.444 e. The second-order valence-corrected chi connectivity index (χ2v) is 14.2. The number of nitrogens with zero attached hydrogens (tertiary/aromatic N) is 5. The molecule has 0 aromatic carbocycles. The zero-order valence-electron chi connectivity index (χ0n) is 29.6. The van der Waals surface area contributed by atoms with Gasteiger partial charge in [-0.15, -0.1) is 0 Å². The fraction of sp³-hybridized carbons (Fsp3) is 0.647. The van der Waals surface area contributed by atoms with Crippen LogP contribution in [0.5, 0.6) is 0 Å².